The zero-order valence-electron chi connectivity index (χ0n) is 14.9. The molecule has 2 rings (SSSR count). The van der Waals surface area contributed by atoms with E-state index in [1.165, 1.54) is 19.4 Å². The first-order chi connectivity index (χ1) is 12.6. The molecule has 0 atom stereocenters. The van der Waals surface area contributed by atoms with E-state index in [1.54, 1.807) is 19.2 Å². The SMILES string of the molecule is COc1ccc(NCCCC(=O)N/N=C/c2ccc(O)c(OC)c2)cc1. The fourth-order valence-electron chi connectivity index (χ4n) is 2.20. The normalized spacial score (nSPS) is 10.5. The number of ether oxygens (including phenoxy) is 2. The van der Waals surface area contributed by atoms with Crippen LogP contribution in [-0.4, -0.2) is 38.0 Å². The van der Waals surface area contributed by atoms with Gasteiger partial charge in [-0.25, -0.2) is 5.43 Å². The molecule has 0 unspecified atom stereocenters. The van der Waals surface area contributed by atoms with Crippen LogP contribution in [0.3, 0.4) is 0 Å². The van der Waals surface area contributed by atoms with Crippen molar-refractivity contribution in [3.8, 4) is 17.2 Å². The average Bonchev–Trinajstić information content (AvgIpc) is 2.67. The minimum atomic E-state index is -0.163. The van der Waals surface area contributed by atoms with E-state index >= 15 is 0 Å². The van der Waals surface area contributed by atoms with Gasteiger partial charge in [0.25, 0.3) is 0 Å². The van der Waals surface area contributed by atoms with E-state index in [1.807, 2.05) is 24.3 Å². The molecule has 0 spiro atoms. The van der Waals surface area contributed by atoms with Crippen LogP contribution in [0, 0.1) is 0 Å². The Morgan fingerprint density at radius 2 is 1.92 bits per heavy atom. The van der Waals surface area contributed by atoms with Crippen LogP contribution in [0.1, 0.15) is 18.4 Å². The van der Waals surface area contributed by atoms with Crippen molar-refractivity contribution in [3.05, 3.63) is 48.0 Å². The number of anilines is 1. The lowest BCUT2D eigenvalue weighted by molar-refractivity contribution is -0.121. The largest absolute Gasteiger partial charge is 0.504 e. The summed E-state index contributed by atoms with van der Waals surface area (Å²) >= 11 is 0. The van der Waals surface area contributed by atoms with Crippen molar-refractivity contribution in [2.45, 2.75) is 12.8 Å². The summed E-state index contributed by atoms with van der Waals surface area (Å²) in [6.07, 6.45) is 2.54. The Balaban J connectivity index is 1.68. The molecule has 138 valence electrons. The van der Waals surface area contributed by atoms with Crippen molar-refractivity contribution in [3.63, 3.8) is 0 Å². The first-order valence-electron chi connectivity index (χ1n) is 8.19. The van der Waals surface area contributed by atoms with Crippen LogP contribution in [0.15, 0.2) is 47.6 Å². The molecule has 0 saturated carbocycles. The fourth-order valence-corrected chi connectivity index (χ4v) is 2.20. The maximum Gasteiger partial charge on any atom is 0.240 e. The zero-order valence-corrected chi connectivity index (χ0v) is 14.9. The summed E-state index contributed by atoms with van der Waals surface area (Å²) in [5.41, 5.74) is 4.17. The van der Waals surface area contributed by atoms with Crippen LogP contribution in [0.5, 0.6) is 17.2 Å². The highest BCUT2D eigenvalue weighted by atomic mass is 16.5. The zero-order chi connectivity index (χ0) is 18.8. The maximum absolute atomic E-state index is 11.8. The number of phenolic OH excluding ortho intramolecular Hbond substituents is 1. The number of aromatic hydroxyl groups is 1. The molecule has 0 saturated heterocycles. The van der Waals surface area contributed by atoms with Gasteiger partial charge in [0.2, 0.25) is 5.91 Å². The highest BCUT2D eigenvalue weighted by Crippen LogP contribution is 2.25. The molecule has 0 aliphatic rings. The number of amides is 1. The van der Waals surface area contributed by atoms with Gasteiger partial charge in [-0.1, -0.05) is 0 Å². The molecule has 0 fully saturated rings. The Morgan fingerprint density at radius 3 is 2.62 bits per heavy atom. The van der Waals surface area contributed by atoms with E-state index in [0.717, 1.165) is 11.4 Å². The number of hydrogen-bond acceptors (Lipinski definition) is 6. The fraction of sp³-hybridized carbons (Fsp3) is 0.263. The third kappa shape index (κ3) is 6.01. The van der Waals surface area contributed by atoms with Crippen molar-refractivity contribution in [2.24, 2.45) is 5.10 Å². The Labute approximate surface area is 152 Å². The molecule has 0 aromatic heterocycles. The van der Waals surface area contributed by atoms with E-state index < -0.39 is 0 Å². The van der Waals surface area contributed by atoms with Gasteiger partial charge in [-0.3, -0.25) is 4.79 Å². The van der Waals surface area contributed by atoms with Crippen LogP contribution < -0.4 is 20.2 Å². The van der Waals surface area contributed by atoms with Gasteiger partial charge in [0.15, 0.2) is 11.5 Å². The molecule has 0 radical (unpaired) electrons. The molecule has 2 aromatic rings. The third-order valence-electron chi connectivity index (χ3n) is 3.61. The minimum absolute atomic E-state index is 0.0537. The van der Waals surface area contributed by atoms with Gasteiger partial charge < -0.3 is 19.9 Å². The summed E-state index contributed by atoms with van der Waals surface area (Å²) < 4.78 is 10.1. The third-order valence-corrected chi connectivity index (χ3v) is 3.61. The topological polar surface area (TPSA) is 92.2 Å². The molecular formula is C19H23N3O4. The molecular weight excluding hydrogens is 334 g/mol. The van der Waals surface area contributed by atoms with Gasteiger partial charge in [-0.15, -0.1) is 0 Å². The highest BCUT2D eigenvalue weighted by Gasteiger charge is 2.02. The van der Waals surface area contributed by atoms with E-state index in [2.05, 4.69) is 15.8 Å². The Morgan fingerprint density at radius 1 is 1.15 bits per heavy atom. The van der Waals surface area contributed by atoms with Crippen LogP contribution in [0.2, 0.25) is 0 Å². The van der Waals surface area contributed by atoms with Gasteiger partial charge in [0.05, 0.1) is 20.4 Å². The molecule has 0 aliphatic carbocycles. The first-order valence-corrected chi connectivity index (χ1v) is 8.19. The second kappa shape index (κ2) is 9.93. The maximum atomic E-state index is 11.8. The summed E-state index contributed by atoms with van der Waals surface area (Å²) in [5.74, 6) is 1.05. The number of phenols is 1. The standard InChI is InChI=1S/C19H23N3O4/c1-25-16-8-6-15(7-9-16)20-11-3-4-19(24)22-21-13-14-5-10-17(23)18(12-14)26-2/h5-10,12-13,20,23H,3-4,11H2,1-2H3,(H,22,24)/b21-13+. The number of nitrogens with zero attached hydrogens (tertiary/aromatic N) is 1. The molecule has 7 nitrogen and oxygen atoms in total. The second-order valence-electron chi connectivity index (χ2n) is 5.48. The van der Waals surface area contributed by atoms with Crippen LogP contribution in [0.25, 0.3) is 0 Å². The van der Waals surface area contributed by atoms with E-state index in [4.69, 9.17) is 9.47 Å². The summed E-state index contributed by atoms with van der Waals surface area (Å²) in [6.45, 7) is 0.679. The van der Waals surface area contributed by atoms with Crippen molar-refractivity contribution in [1.82, 2.24) is 5.43 Å². The Kier molecular flexibility index (Phi) is 7.30. The smallest absolute Gasteiger partial charge is 0.240 e. The van der Waals surface area contributed by atoms with Crippen LogP contribution in [0.4, 0.5) is 5.69 Å². The van der Waals surface area contributed by atoms with Crippen molar-refractivity contribution >= 4 is 17.8 Å². The van der Waals surface area contributed by atoms with E-state index in [-0.39, 0.29) is 11.7 Å². The van der Waals surface area contributed by atoms with Gasteiger partial charge in [0.1, 0.15) is 5.75 Å². The number of carbonyl (C=O) groups excluding carboxylic acids is 1. The number of hydrogen-bond donors (Lipinski definition) is 3. The van der Waals surface area contributed by atoms with Crippen LogP contribution in [-0.2, 0) is 4.79 Å². The number of rotatable bonds is 9. The quantitative estimate of drug-likeness (QED) is 0.365. The average molecular weight is 357 g/mol. The molecule has 0 aliphatic heterocycles. The van der Waals surface area contributed by atoms with Crippen molar-refractivity contribution in [2.75, 3.05) is 26.1 Å². The number of carbonyl (C=O) groups is 1. The predicted molar refractivity (Wildman–Crippen MR) is 101 cm³/mol. The lowest BCUT2D eigenvalue weighted by Crippen LogP contribution is -2.18. The van der Waals surface area contributed by atoms with Crippen molar-refractivity contribution in [1.29, 1.82) is 0 Å². The molecule has 0 bridgehead atoms. The second-order valence-corrected chi connectivity index (χ2v) is 5.48. The van der Waals surface area contributed by atoms with Gasteiger partial charge in [0, 0.05) is 18.7 Å². The monoisotopic (exact) mass is 357 g/mol. The number of methoxy groups -OCH3 is 2. The molecule has 26 heavy (non-hydrogen) atoms. The number of hydrazone groups is 1. The molecule has 7 heteroatoms. The minimum Gasteiger partial charge on any atom is -0.504 e. The summed E-state index contributed by atoms with van der Waals surface area (Å²) in [7, 11) is 3.10. The first kappa shape index (κ1) is 19.1. The van der Waals surface area contributed by atoms with Crippen molar-refractivity contribution < 1.29 is 19.4 Å². The predicted octanol–water partition coefficient (Wildman–Crippen LogP) is 2.75. The molecule has 3 N–H and O–H groups in total. The lowest BCUT2D eigenvalue weighted by Gasteiger charge is -2.07. The summed E-state index contributed by atoms with van der Waals surface area (Å²) in [5, 5.41) is 16.7. The van der Waals surface area contributed by atoms with Crippen LogP contribution >= 0.6 is 0 Å². The number of benzene rings is 2. The molecule has 0 heterocycles. The van der Waals surface area contributed by atoms with Gasteiger partial charge in [-0.2, -0.15) is 5.10 Å². The summed E-state index contributed by atoms with van der Waals surface area (Å²) in [4.78, 5) is 11.8. The van der Waals surface area contributed by atoms with Gasteiger partial charge in [-0.05, 0) is 54.4 Å². The number of nitrogens with one attached hydrogen (secondary N) is 2. The molecule has 1 amide bonds. The Hall–Kier alpha value is -3.22. The van der Waals surface area contributed by atoms with Gasteiger partial charge >= 0.3 is 0 Å². The van der Waals surface area contributed by atoms with E-state index in [9.17, 15) is 9.90 Å². The molecule has 2 aromatic carbocycles. The lowest BCUT2D eigenvalue weighted by atomic mass is 10.2. The summed E-state index contributed by atoms with van der Waals surface area (Å²) in [6, 6.07) is 12.4. The highest BCUT2D eigenvalue weighted by molar-refractivity contribution is 5.83. The van der Waals surface area contributed by atoms with E-state index in [0.29, 0.717) is 30.7 Å². The Bertz CT molecular complexity index is 745.